The molecule has 0 aliphatic carbocycles. The first-order chi connectivity index (χ1) is 12.0. The molecule has 1 fully saturated rings. The van der Waals surface area contributed by atoms with Crippen molar-refractivity contribution in [3.05, 3.63) is 23.8 Å². The van der Waals surface area contributed by atoms with E-state index in [9.17, 15) is 27.9 Å². The zero-order valence-electron chi connectivity index (χ0n) is 14.6. The minimum Gasteiger partial charge on any atom is -0.481 e. The molecule has 0 saturated carbocycles. The number of hydrogen-bond acceptors (Lipinski definition) is 6. The molecule has 0 radical (unpaired) electrons. The predicted octanol–water partition coefficient (Wildman–Crippen LogP) is 1.21. The van der Waals surface area contributed by atoms with E-state index in [0.717, 1.165) is 19.4 Å². The molecule has 1 aromatic rings. The van der Waals surface area contributed by atoms with Crippen LogP contribution in [0.2, 0.25) is 0 Å². The summed E-state index contributed by atoms with van der Waals surface area (Å²) in [5.41, 5.74) is -0.951. The molecule has 9 nitrogen and oxygen atoms in total. The summed E-state index contributed by atoms with van der Waals surface area (Å²) in [6.07, 6.45) is 1.29. The van der Waals surface area contributed by atoms with Crippen LogP contribution in [-0.2, 0) is 19.4 Å². The lowest BCUT2D eigenvalue weighted by Gasteiger charge is -2.20. The zero-order chi connectivity index (χ0) is 19.7. The summed E-state index contributed by atoms with van der Waals surface area (Å²) in [4.78, 5) is 36.6. The summed E-state index contributed by atoms with van der Waals surface area (Å²) in [6.45, 7) is 1.84. The average Bonchev–Trinajstić information content (AvgIpc) is 2.97. The van der Waals surface area contributed by atoms with E-state index in [1.54, 1.807) is 6.92 Å². The smallest absolute Gasteiger partial charge is 0.337 e. The van der Waals surface area contributed by atoms with Crippen LogP contribution in [-0.4, -0.2) is 62.8 Å². The second kappa shape index (κ2) is 6.94. The predicted molar refractivity (Wildman–Crippen MR) is 91.8 cm³/mol. The minimum atomic E-state index is -3.62. The monoisotopic (exact) mass is 384 g/mol. The Kier molecular flexibility index (Phi) is 5.26. The Morgan fingerprint density at radius 2 is 1.92 bits per heavy atom. The number of nitrogens with one attached hydrogen (secondary N) is 1. The number of nitrogens with zero attached hydrogens (tertiary/aromatic N) is 1. The normalized spacial score (nSPS) is 19.9. The van der Waals surface area contributed by atoms with E-state index in [1.165, 1.54) is 17.0 Å². The number of carbonyl (C=O) groups is 3. The molecule has 1 saturated heterocycles. The van der Waals surface area contributed by atoms with Gasteiger partial charge in [0.25, 0.3) is 0 Å². The fraction of sp³-hybridized carbons (Fsp3) is 0.438. The molecule has 0 aromatic heterocycles. The number of carboxylic acids is 1. The Balaban J connectivity index is 2.27. The summed E-state index contributed by atoms with van der Waals surface area (Å²) < 4.78 is 28.2. The minimum absolute atomic E-state index is 0.0254. The lowest BCUT2D eigenvalue weighted by Crippen LogP contribution is -2.37. The number of carboxylic acid groups (broad SMARTS) is 1. The Morgan fingerprint density at radius 3 is 2.42 bits per heavy atom. The van der Waals surface area contributed by atoms with Crippen molar-refractivity contribution in [3.8, 4) is 0 Å². The number of rotatable bonds is 4. The van der Waals surface area contributed by atoms with Crippen molar-refractivity contribution in [1.82, 2.24) is 4.90 Å². The molecule has 26 heavy (non-hydrogen) atoms. The fourth-order valence-electron chi connectivity index (χ4n) is 2.63. The van der Waals surface area contributed by atoms with Crippen LogP contribution >= 0.6 is 0 Å². The van der Waals surface area contributed by atoms with Gasteiger partial charge >= 0.3 is 18.0 Å². The number of ether oxygens (including phenoxy) is 1. The van der Waals surface area contributed by atoms with Gasteiger partial charge in [0.1, 0.15) is 0 Å². The number of benzene rings is 1. The van der Waals surface area contributed by atoms with Crippen molar-refractivity contribution in [2.75, 3.05) is 31.8 Å². The molecule has 1 heterocycles. The molecule has 10 heteroatoms. The van der Waals surface area contributed by atoms with E-state index >= 15 is 0 Å². The number of sulfone groups is 1. The highest BCUT2D eigenvalue weighted by Crippen LogP contribution is 2.30. The van der Waals surface area contributed by atoms with Crippen LogP contribution < -0.4 is 5.32 Å². The summed E-state index contributed by atoms with van der Waals surface area (Å²) in [5.74, 6) is -1.73. The van der Waals surface area contributed by atoms with Gasteiger partial charge in [-0.3, -0.25) is 4.79 Å². The van der Waals surface area contributed by atoms with Gasteiger partial charge in [-0.05, 0) is 31.5 Å². The van der Waals surface area contributed by atoms with E-state index < -0.39 is 33.2 Å². The third-order valence-electron chi connectivity index (χ3n) is 4.28. The number of hydrogen-bond donors (Lipinski definition) is 2. The Labute approximate surface area is 150 Å². The number of amides is 2. The van der Waals surface area contributed by atoms with Gasteiger partial charge in [0, 0.05) is 25.0 Å². The highest BCUT2D eigenvalue weighted by Gasteiger charge is 2.42. The van der Waals surface area contributed by atoms with Gasteiger partial charge in [0.15, 0.2) is 9.84 Å². The van der Waals surface area contributed by atoms with Crippen LogP contribution in [0.1, 0.15) is 23.7 Å². The maximum absolute atomic E-state index is 12.4. The van der Waals surface area contributed by atoms with Gasteiger partial charge in [-0.15, -0.1) is 0 Å². The number of methoxy groups -OCH3 is 1. The highest BCUT2D eigenvalue weighted by atomic mass is 32.2. The number of urea groups is 1. The largest absolute Gasteiger partial charge is 0.481 e. The molecule has 2 N–H and O–H groups in total. The maximum Gasteiger partial charge on any atom is 0.337 e. The third kappa shape index (κ3) is 4.13. The zero-order valence-corrected chi connectivity index (χ0v) is 15.4. The van der Waals surface area contributed by atoms with Crippen LogP contribution in [0.4, 0.5) is 10.5 Å². The molecule has 2 amide bonds. The van der Waals surface area contributed by atoms with E-state index in [-0.39, 0.29) is 29.2 Å². The summed E-state index contributed by atoms with van der Waals surface area (Å²) >= 11 is 0. The number of carbonyl (C=O) groups excluding carboxylic acids is 2. The lowest BCUT2D eigenvalue weighted by atomic mass is 9.90. The van der Waals surface area contributed by atoms with Crippen LogP contribution in [0, 0.1) is 5.41 Å². The van der Waals surface area contributed by atoms with Crippen molar-refractivity contribution in [2.45, 2.75) is 18.2 Å². The first-order valence-corrected chi connectivity index (χ1v) is 9.58. The van der Waals surface area contributed by atoms with Crippen LogP contribution in [0.25, 0.3) is 0 Å². The van der Waals surface area contributed by atoms with Gasteiger partial charge in [-0.1, -0.05) is 0 Å². The Bertz CT molecular complexity index is 865. The summed E-state index contributed by atoms with van der Waals surface area (Å²) in [5, 5.41) is 11.8. The second-order valence-corrected chi connectivity index (χ2v) is 8.49. The second-order valence-electron chi connectivity index (χ2n) is 6.48. The average molecular weight is 384 g/mol. The van der Waals surface area contributed by atoms with Gasteiger partial charge in [-0.2, -0.15) is 0 Å². The van der Waals surface area contributed by atoms with Gasteiger partial charge in [0.05, 0.1) is 23.0 Å². The summed E-state index contributed by atoms with van der Waals surface area (Å²) in [7, 11) is -2.47. The molecule has 2 rings (SSSR count). The first kappa shape index (κ1) is 19.7. The van der Waals surface area contributed by atoms with Gasteiger partial charge in [-0.25, -0.2) is 18.0 Å². The molecule has 1 atom stereocenters. The van der Waals surface area contributed by atoms with Crippen LogP contribution in [0.3, 0.4) is 0 Å². The van der Waals surface area contributed by atoms with Crippen molar-refractivity contribution < 1.29 is 32.6 Å². The van der Waals surface area contributed by atoms with E-state index in [1.807, 2.05) is 0 Å². The first-order valence-electron chi connectivity index (χ1n) is 7.69. The van der Waals surface area contributed by atoms with Crippen LogP contribution in [0.15, 0.2) is 23.1 Å². The van der Waals surface area contributed by atoms with Crippen molar-refractivity contribution in [2.24, 2.45) is 5.41 Å². The highest BCUT2D eigenvalue weighted by molar-refractivity contribution is 7.90. The summed E-state index contributed by atoms with van der Waals surface area (Å²) in [6, 6.07) is 3.11. The third-order valence-corrected chi connectivity index (χ3v) is 5.38. The van der Waals surface area contributed by atoms with Crippen LogP contribution in [0.5, 0.6) is 0 Å². The van der Waals surface area contributed by atoms with E-state index in [4.69, 9.17) is 0 Å². The SMILES string of the molecule is COC(=O)c1cc(NC(=O)N2CCC(C)(C(=O)O)C2)cc(S(C)(=O)=O)c1. The quantitative estimate of drug-likeness (QED) is 0.746. The van der Waals surface area contributed by atoms with Crippen molar-refractivity contribution in [1.29, 1.82) is 0 Å². The molecule has 1 aromatic carbocycles. The maximum atomic E-state index is 12.4. The molecular weight excluding hydrogens is 364 g/mol. The fourth-order valence-corrected chi connectivity index (χ4v) is 3.31. The molecule has 1 unspecified atom stereocenters. The van der Waals surface area contributed by atoms with Crippen molar-refractivity contribution in [3.63, 3.8) is 0 Å². The van der Waals surface area contributed by atoms with E-state index in [2.05, 4.69) is 10.1 Å². The van der Waals surface area contributed by atoms with Gasteiger partial charge < -0.3 is 20.1 Å². The molecule has 1 aliphatic heterocycles. The molecule has 0 spiro atoms. The van der Waals surface area contributed by atoms with Gasteiger partial charge in [0.2, 0.25) is 0 Å². The molecule has 142 valence electrons. The number of likely N-dealkylation sites (tertiary alicyclic amines) is 1. The molecular formula is C16H20N2O7S. The number of esters is 1. The molecule has 0 bridgehead atoms. The number of anilines is 1. The Hall–Kier alpha value is -2.62. The van der Waals surface area contributed by atoms with E-state index in [0.29, 0.717) is 6.42 Å². The number of aliphatic carboxylic acids is 1. The topological polar surface area (TPSA) is 130 Å². The lowest BCUT2D eigenvalue weighted by molar-refractivity contribution is -0.146. The standard InChI is InChI=1S/C16H20N2O7S/c1-16(14(20)21)4-5-18(9-16)15(22)17-11-6-10(13(19)25-2)7-12(8-11)26(3,23)24/h6-8H,4-5,9H2,1-3H3,(H,17,22)(H,20,21). The molecule has 1 aliphatic rings. The Morgan fingerprint density at radius 1 is 1.27 bits per heavy atom. The van der Waals surface area contributed by atoms with Crippen molar-refractivity contribution >= 4 is 33.5 Å².